The van der Waals surface area contributed by atoms with E-state index in [4.69, 9.17) is 4.42 Å². The molecule has 0 spiro atoms. The first-order chi connectivity index (χ1) is 14.6. The van der Waals surface area contributed by atoms with Gasteiger partial charge in [0.05, 0.1) is 0 Å². The number of carbonyl (C=O) groups excluding carboxylic acids is 1. The minimum atomic E-state index is 0.0461. The van der Waals surface area contributed by atoms with E-state index in [1.54, 1.807) is 11.1 Å². The van der Waals surface area contributed by atoms with Crippen molar-refractivity contribution in [1.82, 2.24) is 25.1 Å². The Labute approximate surface area is 175 Å². The standard InChI is InChI=1S/C23H25N5O2/c1-16-13-24-12-11-18(16)15-28(2)23(29)10-9-22-27-26-21(30-22)8-7-17-14-25-20-6-4-3-5-19(17)20/h3-6,11-14,25H,7-10,15H2,1-2H3. The van der Waals surface area contributed by atoms with Crippen LogP contribution >= 0.6 is 0 Å². The molecule has 0 atom stereocenters. The van der Waals surface area contributed by atoms with E-state index < -0.39 is 0 Å². The molecule has 1 N–H and O–H groups in total. The second-order valence-corrected chi connectivity index (χ2v) is 7.50. The first-order valence-corrected chi connectivity index (χ1v) is 10.1. The van der Waals surface area contributed by atoms with Crippen LogP contribution in [0.15, 0.2) is 53.3 Å². The summed E-state index contributed by atoms with van der Waals surface area (Å²) in [5, 5.41) is 9.46. The first-order valence-electron chi connectivity index (χ1n) is 10.1. The van der Waals surface area contributed by atoms with Crippen LogP contribution in [0.4, 0.5) is 0 Å². The van der Waals surface area contributed by atoms with Crippen molar-refractivity contribution >= 4 is 16.8 Å². The fourth-order valence-corrected chi connectivity index (χ4v) is 3.50. The van der Waals surface area contributed by atoms with Crippen molar-refractivity contribution < 1.29 is 9.21 Å². The highest BCUT2D eigenvalue weighted by molar-refractivity contribution is 5.83. The smallest absolute Gasteiger partial charge is 0.223 e. The number of aryl methyl sites for hydroxylation is 4. The number of amides is 1. The van der Waals surface area contributed by atoms with Crippen LogP contribution < -0.4 is 0 Å². The topological polar surface area (TPSA) is 87.9 Å². The molecule has 1 amide bonds. The third kappa shape index (κ3) is 4.56. The molecule has 0 aliphatic heterocycles. The van der Waals surface area contributed by atoms with Crippen LogP contribution in [0.2, 0.25) is 0 Å². The molecule has 0 aliphatic carbocycles. The second-order valence-electron chi connectivity index (χ2n) is 7.50. The van der Waals surface area contributed by atoms with Crippen molar-refractivity contribution in [3.05, 3.63) is 77.4 Å². The summed E-state index contributed by atoms with van der Waals surface area (Å²) in [5.74, 6) is 1.15. The van der Waals surface area contributed by atoms with E-state index >= 15 is 0 Å². The lowest BCUT2D eigenvalue weighted by molar-refractivity contribution is -0.130. The zero-order valence-corrected chi connectivity index (χ0v) is 17.3. The first kappa shape index (κ1) is 19.8. The van der Waals surface area contributed by atoms with Crippen molar-refractivity contribution in [2.45, 2.75) is 39.2 Å². The number of benzene rings is 1. The normalized spacial score (nSPS) is 11.1. The predicted molar refractivity (Wildman–Crippen MR) is 114 cm³/mol. The van der Waals surface area contributed by atoms with Crippen LogP contribution in [0.3, 0.4) is 0 Å². The van der Waals surface area contributed by atoms with Gasteiger partial charge in [0.15, 0.2) is 0 Å². The van der Waals surface area contributed by atoms with Crippen molar-refractivity contribution in [3.63, 3.8) is 0 Å². The summed E-state index contributed by atoms with van der Waals surface area (Å²) in [6.07, 6.45) is 7.85. The van der Waals surface area contributed by atoms with Gasteiger partial charge in [0.1, 0.15) is 0 Å². The van der Waals surface area contributed by atoms with Crippen molar-refractivity contribution in [2.24, 2.45) is 0 Å². The Kier molecular flexibility index (Phi) is 5.88. The Morgan fingerprint density at radius 3 is 2.70 bits per heavy atom. The van der Waals surface area contributed by atoms with Gasteiger partial charge in [-0.15, -0.1) is 10.2 Å². The molecule has 0 unspecified atom stereocenters. The summed E-state index contributed by atoms with van der Waals surface area (Å²) in [6.45, 7) is 2.56. The Morgan fingerprint density at radius 2 is 1.87 bits per heavy atom. The number of nitrogens with one attached hydrogen (secondary N) is 1. The number of para-hydroxylation sites is 1. The summed E-state index contributed by atoms with van der Waals surface area (Å²) in [5.41, 5.74) is 4.53. The Morgan fingerprint density at radius 1 is 1.07 bits per heavy atom. The van der Waals surface area contributed by atoms with Crippen LogP contribution in [-0.4, -0.2) is 38.0 Å². The number of pyridine rings is 1. The summed E-state index contributed by atoms with van der Waals surface area (Å²) >= 11 is 0. The fraction of sp³-hybridized carbons (Fsp3) is 0.304. The molecule has 30 heavy (non-hydrogen) atoms. The molecule has 0 radical (unpaired) electrons. The fourth-order valence-electron chi connectivity index (χ4n) is 3.50. The van der Waals surface area contributed by atoms with Crippen molar-refractivity contribution in [2.75, 3.05) is 7.05 Å². The zero-order valence-electron chi connectivity index (χ0n) is 17.3. The average molecular weight is 403 g/mol. The average Bonchev–Trinajstić information content (AvgIpc) is 3.39. The molecule has 0 saturated carbocycles. The molecule has 0 fully saturated rings. The number of rotatable bonds is 8. The number of nitrogens with zero attached hydrogens (tertiary/aromatic N) is 4. The van der Waals surface area contributed by atoms with Crippen LogP contribution in [-0.2, 0) is 30.6 Å². The van der Waals surface area contributed by atoms with Gasteiger partial charge in [-0.3, -0.25) is 9.78 Å². The highest BCUT2D eigenvalue weighted by atomic mass is 16.4. The minimum absolute atomic E-state index is 0.0461. The molecule has 1 aromatic carbocycles. The molecule has 7 nitrogen and oxygen atoms in total. The molecule has 0 saturated heterocycles. The highest BCUT2D eigenvalue weighted by Gasteiger charge is 2.14. The maximum atomic E-state index is 12.5. The van der Waals surface area contributed by atoms with Crippen LogP contribution in [0.5, 0.6) is 0 Å². The number of aromatic amines is 1. The molecule has 4 rings (SSSR count). The van der Waals surface area contributed by atoms with E-state index in [-0.39, 0.29) is 5.91 Å². The predicted octanol–water partition coefficient (Wildman–Crippen LogP) is 3.63. The molecule has 7 heteroatoms. The monoisotopic (exact) mass is 403 g/mol. The molecule has 3 aromatic heterocycles. The van der Waals surface area contributed by atoms with E-state index in [1.807, 2.05) is 44.6 Å². The van der Waals surface area contributed by atoms with E-state index in [0.717, 1.165) is 23.1 Å². The lowest BCUT2D eigenvalue weighted by Gasteiger charge is -2.18. The van der Waals surface area contributed by atoms with Crippen LogP contribution in [0, 0.1) is 6.92 Å². The SMILES string of the molecule is Cc1cnccc1CN(C)C(=O)CCc1nnc(CCc2c[nH]c3ccccc23)o1. The van der Waals surface area contributed by atoms with Gasteiger partial charge in [-0.05, 0) is 42.2 Å². The van der Waals surface area contributed by atoms with E-state index in [0.29, 0.717) is 37.6 Å². The lowest BCUT2D eigenvalue weighted by atomic mass is 10.1. The Balaban J connectivity index is 1.28. The summed E-state index contributed by atoms with van der Waals surface area (Å²) in [6, 6.07) is 10.2. The lowest BCUT2D eigenvalue weighted by Crippen LogP contribution is -2.26. The van der Waals surface area contributed by atoms with Gasteiger partial charge >= 0.3 is 0 Å². The Hall–Kier alpha value is -3.48. The highest BCUT2D eigenvalue weighted by Crippen LogP contribution is 2.19. The maximum absolute atomic E-state index is 12.5. The van der Waals surface area contributed by atoms with Crippen molar-refractivity contribution in [1.29, 1.82) is 0 Å². The van der Waals surface area contributed by atoms with Gasteiger partial charge in [0.25, 0.3) is 0 Å². The molecule has 3 heterocycles. The van der Waals surface area contributed by atoms with E-state index in [1.165, 1.54) is 10.9 Å². The number of aromatic nitrogens is 4. The van der Waals surface area contributed by atoms with Crippen LogP contribution in [0.25, 0.3) is 10.9 Å². The number of hydrogen-bond donors (Lipinski definition) is 1. The molecule has 0 bridgehead atoms. The van der Waals surface area contributed by atoms with Gasteiger partial charge in [0, 0.05) is 62.3 Å². The number of carbonyl (C=O) groups is 1. The number of H-pyrrole nitrogens is 1. The maximum Gasteiger partial charge on any atom is 0.223 e. The van der Waals surface area contributed by atoms with Gasteiger partial charge < -0.3 is 14.3 Å². The third-order valence-corrected chi connectivity index (χ3v) is 5.31. The minimum Gasteiger partial charge on any atom is -0.425 e. The summed E-state index contributed by atoms with van der Waals surface area (Å²) in [7, 11) is 1.81. The molecular weight excluding hydrogens is 378 g/mol. The molecule has 0 aliphatic rings. The van der Waals surface area contributed by atoms with Gasteiger partial charge in [-0.2, -0.15) is 0 Å². The largest absolute Gasteiger partial charge is 0.425 e. The van der Waals surface area contributed by atoms with Crippen LogP contribution in [0.1, 0.15) is 34.9 Å². The zero-order chi connectivity index (χ0) is 20.9. The van der Waals surface area contributed by atoms with E-state index in [9.17, 15) is 4.79 Å². The van der Waals surface area contributed by atoms with Gasteiger partial charge in [-0.25, -0.2) is 0 Å². The molecule has 4 aromatic rings. The quantitative estimate of drug-likeness (QED) is 0.485. The second kappa shape index (κ2) is 8.90. The molecule has 154 valence electrons. The van der Waals surface area contributed by atoms with Gasteiger partial charge in [0.2, 0.25) is 17.7 Å². The Bertz CT molecular complexity index is 1150. The molecular formula is C23H25N5O2. The summed E-state index contributed by atoms with van der Waals surface area (Å²) < 4.78 is 5.75. The van der Waals surface area contributed by atoms with Gasteiger partial charge in [-0.1, -0.05) is 18.2 Å². The third-order valence-electron chi connectivity index (χ3n) is 5.31. The number of fused-ring (bicyclic) bond motifs is 1. The van der Waals surface area contributed by atoms with E-state index in [2.05, 4.69) is 32.3 Å². The van der Waals surface area contributed by atoms with Crippen molar-refractivity contribution in [3.8, 4) is 0 Å². The number of hydrogen-bond acceptors (Lipinski definition) is 5. The summed E-state index contributed by atoms with van der Waals surface area (Å²) in [4.78, 5) is 21.6.